The molecule has 0 saturated carbocycles. The number of aromatic nitrogens is 2. The first-order valence-electron chi connectivity index (χ1n) is 9.31. The zero-order chi connectivity index (χ0) is 19.9. The number of hydrogen-bond donors (Lipinski definition) is 1. The maximum atomic E-state index is 12.9. The molecule has 1 aliphatic heterocycles. The highest BCUT2D eigenvalue weighted by molar-refractivity contribution is 7.89. The third-order valence-electron chi connectivity index (χ3n) is 5.47. The fraction of sp³-hybridized carbons (Fsp3) is 0.421. The van der Waals surface area contributed by atoms with Crippen LogP contribution in [0.15, 0.2) is 50.7 Å². The van der Waals surface area contributed by atoms with E-state index < -0.39 is 10.0 Å². The maximum Gasteiger partial charge on any atom is 0.328 e. The molecule has 1 aromatic carbocycles. The largest absolute Gasteiger partial charge is 0.468 e. The van der Waals surface area contributed by atoms with Crippen LogP contribution in [-0.2, 0) is 24.1 Å². The Balaban J connectivity index is 1.60. The highest BCUT2D eigenvalue weighted by Crippen LogP contribution is 2.26. The van der Waals surface area contributed by atoms with Gasteiger partial charge in [0.1, 0.15) is 5.76 Å². The topological polar surface area (TPSA) is 89.5 Å². The number of fused-ring (bicyclic) bond motifs is 1. The van der Waals surface area contributed by atoms with E-state index in [2.05, 4.69) is 9.62 Å². The summed E-state index contributed by atoms with van der Waals surface area (Å²) in [5, 5.41) is 0. The SMILES string of the molecule is Cn1c(=O)n(C)c2cc(S(=O)(=O)NCC(c3ccco3)N3CCCC3)ccc21. The predicted molar refractivity (Wildman–Crippen MR) is 106 cm³/mol. The highest BCUT2D eigenvalue weighted by atomic mass is 32.2. The molecule has 1 atom stereocenters. The van der Waals surface area contributed by atoms with E-state index in [0.717, 1.165) is 31.7 Å². The second-order valence-corrected chi connectivity index (χ2v) is 8.94. The van der Waals surface area contributed by atoms with Gasteiger partial charge in [0, 0.05) is 20.6 Å². The summed E-state index contributed by atoms with van der Waals surface area (Å²) in [5.41, 5.74) is 1.08. The molecular formula is C19H24N4O4S. The first-order valence-corrected chi connectivity index (χ1v) is 10.8. The molecule has 3 heterocycles. The summed E-state index contributed by atoms with van der Waals surface area (Å²) in [6, 6.07) is 8.28. The monoisotopic (exact) mass is 404 g/mol. The van der Waals surface area contributed by atoms with Crippen molar-refractivity contribution in [2.75, 3.05) is 19.6 Å². The van der Waals surface area contributed by atoms with Gasteiger partial charge in [0.15, 0.2) is 0 Å². The van der Waals surface area contributed by atoms with Gasteiger partial charge < -0.3 is 4.42 Å². The van der Waals surface area contributed by atoms with Gasteiger partial charge in [-0.3, -0.25) is 14.0 Å². The van der Waals surface area contributed by atoms with Gasteiger partial charge in [0.2, 0.25) is 10.0 Å². The molecule has 8 nitrogen and oxygen atoms in total. The lowest BCUT2D eigenvalue weighted by molar-refractivity contribution is 0.216. The fourth-order valence-corrected chi connectivity index (χ4v) is 4.93. The number of imidazole rings is 1. The summed E-state index contributed by atoms with van der Waals surface area (Å²) in [6.07, 6.45) is 3.81. The quantitative estimate of drug-likeness (QED) is 0.674. The van der Waals surface area contributed by atoms with E-state index >= 15 is 0 Å². The summed E-state index contributed by atoms with van der Waals surface area (Å²) < 4.78 is 37.0. The van der Waals surface area contributed by atoms with Crippen LogP contribution in [0.3, 0.4) is 0 Å². The third-order valence-corrected chi connectivity index (χ3v) is 6.89. The van der Waals surface area contributed by atoms with Crippen LogP contribution in [0, 0.1) is 0 Å². The fourth-order valence-electron chi connectivity index (χ4n) is 3.87. The zero-order valence-electron chi connectivity index (χ0n) is 16.0. The van der Waals surface area contributed by atoms with Gasteiger partial charge in [-0.15, -0.1) is 0 Å². The number of aryl methyl sites for hydroxylation is 2. The molecule has 1 N–H and O–H groups in total. The van der Waals surface area contributed by atoms with Crippen molar-refractivity contribution < 1.29 is 12.8 Å². The Morgan fingerprint density at radius 2 is 1.82 bits per heavy atom. The van der Waals surface area contributed by atoms with Gasteiger partial charge in [-0.1, -0.05) is 0 Å². The Morgan fingerprint density at radius 3 is 2.50 bits per heavy atom. The van der Waals surface area contributed by atoms with Crippen molar-refractivity contribution >= 4 is 21.1 Å². The Morgan fingerprint density at radius 1 is 1.11 bits per heavy atom. The first-order chi connectivity index (χ1) is 13.4. The van der Waals surface area contributed by atoms with E-state index in [1.807, 2.05) is 12.1 Å². The van der Waals surface area contributed by atoms with Gasteiger partial charge in [-0.25, -0.2) is 17.9 Å². The number of rotatable bonds is 6. The van der Waals surface area contributed by atoms with E-state index in [9.17, 15) is 13.2 Å². The highest BCUT2D eigenvalue weighted by Gasteiger charge is 2.27. The number of benzene rings is 1. The van der Waals surface area contributed by atoms with E-state index in [4.69, 9.17) is 4.42 Å². The number of furan rings is 1. The van der Waals surface area contributed by atoms with Crippen LogP contribution in [0.1, 0.15) is 24.6 Å². The Labute approximate surface area is 163 Å². The second-order valence-electron chi connectivity index (χ2n) is 7.18. The molecule has 0 aliphatic carbocycles. The molecule has 0 bridgehead atoms. The summed E-state index contributed by atoms with van der Waals surface area (Å²) in [6.45, 7) is 2.07. The van der Waals surface area contributed by atoms with Crippen LogP contribution in [0.25, 0.3) is 11.0 Å². The van der Waals surface area contributed by atoms with Crippen LogP contribution in [0.2, 0.25) is 0 Å². The van der Waals surface area contributed by atoms with Gasteiger partial charge in [-0.2, -0.15) is 0 Å². The van der Waals surface area contributed by atoms with Crippen LogP contribution in [0.5, 0.6) is 0 Å². The van der Waals surface area contributed by atoms with Crippen molar-refractivity contribution in [3.63, 3.8) is 0 Å². The molecule has 4 rings (SSSR count). The lowest BCUT2D eigenvalue weighted by atomic mass is 10.2. The van der Waals surface area contributed by atoms with Crippen LogP contribution < -0.4 is 10.4 Å². The number of nitrogens with zero attached hydrogens (tertiary/aromatic N) is 3. The normalized spacial score (nSPS) is 16.8. The molecule has 150 valence electrons. The molecule has 0 amide bonds. The predicted octanol–water partition coefficient (Wildman–Crippen LogP) is 1.59. The zero-order valence-corrected chi connectivity index (χ0v) is 16.8. The molecule has 1 unspecified atom stereocenters. The molecule has 0 radical (unpaired) electrons. The van der Waals surface area contributed by atoms with E-state index in [1.54, 1.807) is 26.4 Å². The van der Waals surface area contributed by atoms with E-state index in [0.29, 0.717) is 11.0 Å². The summed E-state index contributed by atoms with van der Waals surface area (Å²) in [4.78, 5) is 14.5. The smallest absolute Gasteiger partial charge is 0.328 e. The molecule has 9 heteroatoms. The summed E-state index contributed by atoms with van der Waals surface area (Å²) in [5.74, 6) is 0.755. The van der Waals surface area contributed by atoms with Gasteiger partial charge in [-0.05, 0) is 56.3 Å². The Bertz CT molecular complexity index is 1140. The van der Waals surface area contributed by atoms with Gasteiger partial charge in [0.05, 0.1) is 28.2 Å². The molecule has 2 aromatic heterocycles. The van der Waals surface area contributed by atoms with E-state index in [1.165, 1.54) is 21.3 Å². The number of likely N-dealkylation sites (tertiary alicyclic amines) is 1. The minimum atomic E-state index is -3.73. The third kappa shape index (κ3) is 3.30. The Kier molecular flexibility index (Phi) is 4.90. The molecule has 0 spiro atoms. The van der Waals surface area contributed by atoms with Crippen LogP contribution >= 0.6 is 0 Å². The number of hydrogen-bond acceptors (Lipinski definition) is 5. The average Bonchev–Trinajstić information content (AvgIpc) is 3.43. The Hall–Kier alpha value is -2.36. The van der Waals surface area contributed by atoms with Crippen molar-refractivity contribution in [2.45, 2.75) is 23.8 Å². The summed E-state index contributed by atoms with van der Waals surface area (Å²) in [7, 11) is -0.429. The molecule has 28 heavy (non-hydrogen) atoms. The molecule has 1 fully saturated rings. The van der Waals surface area contributed by atoms with Crippen molar-refractivity contribution in [2.24, 2.45) is 14.1 Å². The van der Waals surface area contributed by atoms with Crippen molar-refractivity contribution in [1.29, 1.82) is 0 Å². The van der Waals surface area contributed by atoms with Crippen molar-refractivity contribution in [3.8, 4) is 0 Å². The minimum Gasteiger partial charge on any atom is -0.468 e. The van der Waals surface area contributed by atoms with Gasteiger partial charge >= 0.3 is 5.69 Å². The molecule has 1 aliphatic rings. The van der Waals surface area contributed by atoms with Gasteiger partial charge in [0.25, 0.3) is 0 Å². The molecule has 3 aromatic rings. The first kappa shape index (κ1) is 19.0. The molecular weight excluding hydrogens is 380 g/mol. The van der Waals surface area contributed by atoms with Crippen LogP contribution in [0.4, 0.5) is 0 Å². The van der Waals surface area contributed by atoms with E-state index in [-0.39, 0.29) is 23.2 Å². The average molecular weight is 404 g/mol. The summed E-state index contributed by atoms with van der Waals surface area (Å²) >= 11 is 0. The standard InChI is InChI=1S/C19H24N4O4S/c1-21-15-8-7-14(12-16(15)22(2)19(21)24)28(25,26)20-13-17(18-6-5-11-27-18)23-9-3-4-10-23/h5-8,11-12,17,20H,3-4,9-10,13H2,1-2H3. The number of sulfonamides is 1. The maximum absolute atomic E-state index is 12.9. The lowest BCUT2D eigenvalue weighted by Crippen LogP contribution is -2.36. The number of nitrogens with one attached hydrogen (secondary N) is 1. The lowest BCUT2D eigenvalue weighted by Gasteiger charge is -2.26. The van der Waals surface area contributed by atoms with Crippen LogP contribution in [-0.4, -0.2) is 42.1 Å². The van der Waals surface area contributed by atoms with Crippen molar-refractivity contribution in [3.05, 3.63) is 52.8 Å². The minimum absolute atomic E-state index is 0.140. The molecule has 1 saturated heterocycles. The second kappa shape index (κ2) is 7.23. The van der Waals surface area contributed by atoms with Crippen molar-refractivity contribution in [1.82, 2.24) is 18.8 Å².